The summed E-state index contributed by atoms with van der Waals surface area (Å²) in [5.41, 5.74) is 0.504. The summed E-state index contributed by atoms with van der Waals surface area (Å²) in [6.45, 7) is 1.13. The first-order chi connectivity index (χ1) is 12.3. The molecular formula is C17H15F2NO5S. The predicted molar refractivity (Wildman–Crippen MR) is 88.3 cm³/mol. The molecule has 1 heterocycles. The third-order valence-corrected chi connectivity index (χ3v) is 5.25. The fraction of sp³-hybridized carbons (Fsp3) is 0.235. The lowest BCUT2D eigenvalue weighted by atomic mass is 10.2. The molecule has 138 valence electrons. The highest BCUT2D eigenvalue weighted by Gasteiger charge is 2.34. The lowest BCUT2D eigenvalue weighted by molar-refractivity contribution is 0.107. The van der Waals surface area contributed by atoms with Crippen LogP contribution in [-0.2, 0) is 19.0 Å². The van der Waals surface area contributed by atoms with E-state index in [2.05, 4.69) is 0 Å². The van der Waals surface area contributed by atoms with Gasteiger partial charge in [0.15, 0.2) is 0 Å². The van der Waals surface area contributed by atoms with E-state index in [4.69, 9.17) is 8.92 Å². The highest BCUT2D eigenvalue weighted by Crippen LogP contribution is 2.25. The summed E-state index contributed by atoms with van der Waals surface area (Å²) in [4.78, 5) is 12.9. The molecule has 1 saturated heterocycles. The standard InChI is InChI=1S/C17H15F2NO5S/c1-11-4-2-3-5-16(11)26(22,23)24-10-15-9-20(17(21)25-15)14-7-12(18)6-13(19)8-14/h2-8,15H,9-10H2,1H3/t15-/m1/s1. The molecule has 1 aliphatic heterocycles. The number of carbonyl (C=O) groups is 1. The lowest BCUT2D eigenvalue weighted by Crippen LogP contribution is -2.27. The first-order valence-corrected chi connectivity index (χ1v) is 9.06. The molecule has 9 heteroatoms. The minimum absolute atomic E-state index is 0.0169. The van der Waals surface area contributed by atoms with Gasteiger partial charge in [0.25, 0.3) is 10.1 Å². The van der Waals surface area contributed by atoms with Crippen molar-refractivity contribution in [3.63, 3.8) is 0 Å². The molecule has 2 aromatic carbocycles. The molecule has 0 spiro atoms. The SMILES string of the molecule is Cc1ccccc1S(=O)(=O)OC[C@H]1CN(c2cc(F)cc(F)c2)C(=O)O1. The van der Waals surface area contributed by atoms with Gasteiger partial charge < -0.3 is 4.74 Å². The van der Waals surface area contributed by atoms with E-state index in [-0.39, 0.29) is 17.1 Å². The van der Waals surface area contributed by atoms with Crippen molar-refractivity contribution in [2.45, 2.75) is 17.9 Å². The van der Waals surface area contributed by atoms with Crippen LogP contribution in [0.1, 0.15) is 5.56 Å². The molecule has 0 bridgehead atoms. The third-order valence-electron chi connectivity index (χ3n) is 3.81. The summed E-state index contributed by atoms with van der Waals surface area (Å²) in [5.74, 6) is -1.68. The number of carbonyl (C=O) groups excluding carboxylic acids is 1. The van der Waals surface area contributed by atoms with Crippen molar-refractivity contribution in [2.75, 3.05) is 18.1 Å². The van der Waals surface area contributed by atoms with Crippen LogP contribution in [0.2, 0.25) is 0 Å². The minimum atomic E-state index is -4.02. The van der Waals surface area contributed by atoms with Crippen LogP contribution < -0.4 is 4.90 Å². The van der Waals surface area contributed by atoms with E-state index < -0.39 is 40.6 Å². The van der Waals surface area contributed by atoms with Gasteiger partial charge in [-0.3, -0.25) is 9.08 Å². The molecule has 0 N–H and O–H groups in total. The van der Waals surface area contributed by atoms with Crippen LogP contribution in [-0.4, -0.2) is 33.8 Å². The molecule has 0 unspecified atom stereocenters. The van der Waals surface area contributed by atoms with Gasteiger partial charge in [-0.25, -0.2) is 13.6 Å². The van der Waals surface area contributed by atoms with Gasteiger partial charge in [0.05, 0.1) is 17.1 Å². The van der Waals surface area contributed by atoms with Crippen molar-refractivity contribution in [3.05, 3.63) is 59.7 Å². The molecular weight excluding hydrogens is 368 g/mol. The van der Waals surface area contributed by atoms with Crippen LogP contribution in [0, 0.1) is 18.6 Å². The average Bonchev–Trinajstić information content (AvgIpc) is 2.93. The first kappa shape index (κ1) is 18.3. The number of nitrogens with zero attached hydrogens (tertiary/aromatic N) is 1. The molecule has 1 atom stereocenters. The Hall–Kier alpha value is -2.52. The summed E-state index contributed by atoms with van der Waals surface area (Å²) in [7, 11) is -4.02. The molecule has 1 amide bonds. The molecule has 0 saturated carbocycles. The van der Waals surface area contributed by atoms with Crippen LogP contribution in [0.5, 0.6) is 0 Å². The van der Waals surface area contributed by atoms with Crippen molar-refractivity contribution in [1.29, 1.82) is 0 Å². The number of halogens is 2. The number of anilines is 1. The van der Waals surface area contributed by atoms with Gasteiger partial charge >= 0.3 is 6.09 Å². The van der Waals surface area contributed by atoms with Gasteiger partial charge in [0, 0.05) is 6.07 Å². The van der Waals surface area contributed by atoms with E-state index in [1.807, 2.05) is 0 Å². The van der Waals surface area contributed by atoms with E-state index in [0.717, 1.165) is 17.0 Å². The van der Waals surface area contributed by atoms with Gasteiger partial charge in [0.2, 0.25) is 0 Å². The van der Waals surface area contributed by atoms with E-state index in [1.165, 1.54) is 6.07 Å². The van der Waals surface area contributed by atoms with E-state index in [9.17, 15) is 22.0 Å². The van der Waals surface area contributed by atoms with Gasteiger partial charge in [-0.05, 0) is 30.7 Å². The number of rotatable bonds is 5. The molecule has 1 aliphatic rings. The number of aryl methyl sites for hydroxylation is 1. The normalized spacial score (nSPS) is 17.4. The number of hydrogen-bond acceptors (Lipinski definition) is 5. The number of hydrogen-bond donors (Lipinski definition) is 0. The Balaban J connectivity index is 1.69. The zero-order valence-electron chi connectivity index (χ0n) is 13.7. The number of cyclic esters (lactones) is 1. The van der Waals surface area contributed by atoms with Crippen LogP contribution >= 0.6 is 0 Å². The van der Waals surface area contributed by atoms with Gasteiger partial charge in [-0.1, -0.05) is 18.2 Å². The summed E-state index contributed by atoms with van der Waals surface area (Å²) in [5, 5.41) is 0. The van der Waals surface area contributed by atoms with Crippen molar-refractivity contribution in [1.82, 2.24) is 0 Å². The largest absolute Gasteiger partial charge is 0.441 e. The zero-order valence-corrected chi connectivity index (χ0v) is 14.5. The quantitative estimate of drug-likeness (QED) is 0.742. The van der Waals surface area contributed by atoms with Crippen molar-refractivity contribution in [2.24, 2.45) is 0 Å². The molecule has 0 radical (unpaired) electrons. The van der Waals surface area contributed by atoms with Crippen LogP contribution in [0.3, 0.4) is 0 Å². The fourth-order valence-electron chi connectivity index (χ4n) is 2.58. The maximum absolute atomic E-state index is 13.3. The van der Waals surface area contributed by atoms with E-state index in [0.29, 0.717) is 11.6 Å². The second kappa shape index (κ2) is 7.00. The van der Waals surface area contributed by atoms with Crippen molar-refractivity contribution < 1.29 is 30.9 Å². The smallest absolute Gasteiger partial charge is 0.414 e. The number of ether oxygens (including phenoxy) is 1. The summed E-state index contributed by atoms with van der Waals surface area (Å²) < 4.78 is 61.1. The Kier molecular flexibility index (Phi) is 4.92. The number of amides is 1. The fourth-order valence-corrected chi connectivity index (χ4v) is 3.75. The Morgan fingerprint density at radius 1 is 1.19 bits per heavy atom. The Morgan fingerprint density at radius 3 is 2.50 bits per heavy atom. The molecule has 0 aliphatic carbocycles. The molecule has 0 aromatic heterocycles. The summed E-state index contributed by atoms with van der Waals surface area (Å²) in [6, 6.07) is 8.96. The maximum atomic E-state index is 13.3. The van der Waals surface area contributed by atoms with Gasteiger partial charge in [-0.2, -0.15) is 8.42 Å². The minimum Gasteiger partial charge on any atom is -0.441 e. The van der Waals surface area contributed by atoms with Crippen LogP contribution in [0.4, 0.5) is 19.3 Å². The topological polar surface area (TPSA) is 72.9 Å². The average molecular weight is 383 g/mol. The van der Waals surface area contributed by atoms with E-state index in [1.54, 1.807) is 25.1 Å². The second-order valence-corrected chi connectivity index (χ2v) is 7.33. The Labute approximate surface area is 149 Å². The predicted octanol–water partition coefficient (Wildman–Crippen LogP) is 3.00. The Bertz CT molecular complexity index is 928. The zero-order chi connectivity index (χ0) is 18.9. The molecule has 6 nitrogen and oxygen atoms in total. The van der Waals surface area contributed by atoms with Gasteiger partial charge in [0.1, 0.15) is 24.3 Å². The molecule has 3 rings (SSSR count). The van der Waals surface area contributed by atoms with Crippen molar-refractivity contribution in [3.8, 4) is 0 Å². The molecule has 1 fully saturated rings. The number of benzene rings is 2. The maximum Gasteiger partial charge on any atom is 0.414 e. The molecule has 2 aromatic rings. The Morgan fingerprint density at radius 2 is 1.85 bits per heavy atom. The summed E-state index contributed by atoms with van der Waals surface area (Å²) in [6.07, 6.45) is -1.73. The highest BCUT2D eigenvalue weighted by atomic mass is 32.2. The second-order valence-electron chi connectivity index (χ2n) is 5.75. The molecule has 26 heavy (non-hydrogen) atoms. The lowest BCUT2D eigenvalue weighted by Gasteiger charge is -2.13. The van der Waals surface area contributed by atoms with Crippen molar-refractivity contribution >= 4 is 21.9 Å². The summed E-state index contributed by atoms with van der Waals surface area (Å²) >= 11 is 0. The van der Waals surface area contributed by atoms with Gasteiger partial charge in [-0.15, -0.1) is 0 Å². The van der Waals surface area contributed by atoms with E-state index >= 15 is 0 Å². The highest BCUT2D eigenvalue weighted by molar-refractivity contribution is 7.86. The van der Waals surface area contributed by atoms with Crippen LogP contribution in [0.15, 0.2) is 47.4 Å². The first-order valence-electron chi connectivity index (χ1n) is 7.65. The monoisotopic (exact) mass is 383 g/mol. The third kappa shape index (κ3) is 3.83. The van der Waals surface area contributed by atoms with Crippen LogP contribution in [0.25, 0.3) is 0 Å².